The summed E-state index contributed by atoms with van der Waals surface area (Å²) in [4.78, 5) is 11.1. The van der Waals surface area contributed by atoms with Gasteiger partial charge in [-0.15, -0.1) is 11.3 Å². The fourth-order valence-electron chi connectivity index (χ4n) is 3.20. The third-order valence-electron chi connectivity index (χ3n) is 4.76. The molecular formula is C22H18N4S. The van der Waals surface area contributed by atoms with E-state index in [4.69, 9.17) is 0 Å². The maximum absolute atomic E-state index is 9.38. The van der Waals surface area contributed by atoms with Gasteiger partial charge in [-0.1, -0.05) is 30.3 Å². The van der Waals surface area contributed by atoms with E-state index >= 15 is 0 Å². The Labute approximate surface area is 162 Å². The van der Waals surface area contributed by atoms with Gasteiger partial charge < -0.3 is 5.32 Å². The Morgan fingerprint density at radius 1 is 1.00 bits per heavy atom. The molecule has 0 atom stereocenters. The summed E-state index contributed by atoms with van der Waals surface area (Å²) in [5, 5.41) is 13.7. The highest BCUT2D eigenvalue weighted by Gasteiger charge is 2.17. The van der Waals surface area contributed by atoms with E-state index < -0.39 is 0 Å². The largest absolute Gasteiger partial charge is 0.338 e. The van der Waals surface area contributed by atoms with Crippen molar-refractivity contribution < 1.29 is 0 Å². The predicted octanol–water partition coefficient (Wildman–Crippen LogP) is 5.90. The topological polar surface area (TPSA) is 61.6 Å². The van der Waals surface area contributed by atoms with Crippen LogP contribution in [0.3, 0.4) is 0 Å². The Bertz CT molecular complexity index is 1200. The Balaban J connectivity index is 1.92. The first-order valence-electron chi connectivity index (χ1n) is 8.66. The molecule has 4 rings (SSSR count). The van der Waals surface area contributed by atoms with E-state index in [1.807, 2.05) is 18.2 Å². The van der Waals surface area contributed by atoms with Crippen LogP contribution in [-0.2, 0) is 0 Å². The number of nitrogens with zero attached hydrogens (tertiary/aromatic N) is 3. The molecule has 0 spiro atoms. The Hall–Kier alpha value is -3.23. The number of rotatable bonds is 3. The maximum atomic E-state index is 9.38. The molecule has 0 bridgehead atoms. The smallest absolute Gasteiger partial charge is 0.143 e. The molecule has 0 aliphatic carbocycles. The fraction of sp³-hybridized carbons (Fsp3) is 0.136. The molecule has 0 radical (unpaired) electrons. The molecule has 0 aliphatic heterocycles. The van der Waals surface area contributed by atoms with Crippen molar-refractivity contribution in [3.63, 3.8) is 0 Å². The lowest BCUT2D eigenvalue weighted by Crippen LogP contribution is -1.98. The van der Waals surface area contributed by atoms with E-state index in [0.717, 1.165) is 32.8 Å². The third kappa shape index (κ3) is 3.05. The summed E-state index contributed by atoms with van der Waals surface area (Å²) in [7, 11) is 0. The number of aromatic nitrogens is 2. The van der Waals surface area contributed by atoms with Crippen LogP contribution in [0.2, 0.25) is 0 Å². The number of aryl methyl sites for hydroxylation is 3. The SMILES string of the molecule is Cc1ccc(-c2c(C)sc3ncnc(Nc4ccccc4C#N)c23)cc1C. The molecule has 132 valence electrons. The summed E-state index contributed by atoms with van der Waals surface area (Å²) in [6.45, 7) is 6.36. The van der Waals surface area contributed by atoms with Gasteiger partial charge in [0, 0.05) is 10.4 Å². The zero-order valence-electron chi connectivity index (χ0n) is 15.4. The summed E-state index contributed by atoms with van der Waals surface area (Å²) in [5.74, 6) is 0.722. The quantitative estimate of drug-likeness (QED) is 0.488. The summed E-state index contributed by atoms with van der Waals surface area (Å²) < 4.78 is 0. The standard InChI is InChI=1S/C22H18N4S/c1-13-8-9-16(10-14(13)2)19-15(3)27-22-20(19)21(24-12-25-22)26-18-7-5-4-6-17(18)11-23/h4-10,12H,1-3H3,(H,24,25,26). The number of fused-ring (bicyclic) bond motifs is 1. The van der Waals surface area contributed by atoms with Crippen molar-refractivity contribution in [3.8, 4) is 17.2 Å². The number of nitrogens with one attached hydrogen (secondary N) is 1. The molecule has 0 fully saturated rings. The van der Waals surface area contributed by atoms with Crippen LogP contribution in [0.15, 0.2) is 48.8 Å². The van der Waals surface area contributed by atoms with Gasteiger partial charge >= 0.3 is 0 Å². The van der Waals surface area contributed by atoms with E-state index in [1.54, 1.807) is 23.7 Å². The van der Waals surface area contributed by atoms with Crippen LogP contribution in [0.4, 0.5) is 11.5 Å². The Kier molecular flexibility index (Phi) is 4.35. The van der Waals surface area contributed by atoms with Crippen molar-refractivity contribution in [2.45, 2.75) is 20.8 Å². The minimum absolute atomic E-state index is 0.587. The van der Waals surface area contributed by atoms with Gasteiger partial charge in [0.2, 0.25) is 0 Å². The van der Waals surface area contributed by atoms with Crippen molar-refractivity contribution >= 4 is 33.1 Å². The molecule has 0 aliphatic rings. The van der Waals surface area contributed by atoms with E-state index in [1.165, 1.54) is 16.0 Å². The average Bonchev–Trinajstić information content (AvgIpc) is 3.01. The van der Waals surface area contributed by atoms with Gasteiger partial charge in [0.25, 0.3) is 0 Å². The second-order valence-electron chi connectivity index (χ2n) is 6.52. The molecule has 0 saturated carbocycles. The molecule has 4 nitrogen and oxygen atoms in total. The van der Waals surface area contributed by atoms with Gasteiger partial charge in [0.1, 0.15) is 23.0 Å². The zero-order valence-corrected chi connectivity index (χ0v) is 16.2. The molecular weight excluding hydrogens is 352 g/mol. The van der Waals surface area contributed by atoms with Crippen LogP contribution in [0, 0.1) is 32.1 Å². The van der Waals surface area contributed by atoms with Gasteiger partial charge in [-0.25, -0.2) is 9.97 Å². The number of hydrogen-bond acceptors (Lipinski definition) is 5. The van der Waals surface area contributed by atoms with Crippen molar-refractivity contribution in [1.29, 1.82) is 5.26 Å². The molecule has 2 aromatic carbocycles. The van der Waals surface area contributed by atoms with Crippen LogP contribution >= 0.6 is 11.3 Å². The second-order valence-corrected chi connectivity index (χ2v) is 7.72. The minimum Gasteiger partial charge on any atom is -0.338 e. The van der Waals surface area contributed by atoms with Crippen LogP contribution in [0.5, 0.6) is 0 Å². The predicted molar refractivity (Wildman–Crippen MR) is 112 cm³/mol. The molecule has 27 heavy (non-hydrogen) atoms. The van der Waals surface area contributed by atoms with Crippen molar-refractivity contribution in [3.05, 3.63) is 70.4 Å². The summed E-state index contributed by atoms with van der Waals surface area (Å²) in [6, 6.07) is 16.2. The van der Waals surface area contributed by atoms with Crippen molar-refractivity contribution in [2.24, 2.45) is 0 Å². The number of thiophene rings is 1. The van der Waals surface area contributed by atoms with E-state index in [2.05, 4.69) is 60.3 Å². The van der Waals surface area contributed by atoms with Gasteiger partial charge in [-0.05, 0) is 49.6 Å². The maximum Gasteiger partial charge on any atom is 0.143 e. The van der Waals surface area contributed by atoms with Crippen LogP contribution in [0.1, 0.15) is 21.6 Å². The zero-order chi connectivity index (χ0) is 19.0. The normalized spacial score (nSPS) is 10.7. The molecule has 0 saturated heterocycles. The first-order chi connectivity index (χ1) is 13.1. The molecule has 4 aromatic rings. The van der Waals surface area contributed by atoms with Crippen LogP contribution < -0.4 is 5.32 Å². The highest BCUT2D eigenvalue weighted by molar-refractivity contribution is 7.19. The minimum atomic E-state index is 0.587. The first-order valence-corrected chi connectivity index (χ1v) is 9.48. The first kappa shape index (κ1) is 17.2. The number of hydrogen-bond donors (Lipinski definition) is 1. The molecule has 1 N–H and O–H groups in total. The summed E-state index contributed by atoms with van der Waals surface area (Å²) in [6.07, 6.45) is 1.57. The molecule has 0 amide bonds. The van der Waals surface area contributed by atoms with Gasteiger partial charge in [-0.3, -0.25) is 0 Å². The third-order valence-corrected chi connectivity index (χ3v) is 5.77. The van der Waals surface area contributed by atoms with Gasteiger partial charge in [-0.2, -0.15) is 5.26 Å². The lowest BCUT2D eigenvalue weighted by molar-refractivity contribution is 1.23. The van der Waals surface area contributed by atoms with E-state index in [-0.39, 0.29) is 0 Å². The highest BCUT2D eigenvalue weighted by Crippen LogP contribution is 2.41. The summed E-state index contributed by atoms with van der Waals surface area (Å²) in [5.41, 5.74) is 6.17. The van der Waals surface area contributed by atoms with Crippen LogP contribution in [-0.4, -0.2) is 9.97 Å². The molecule has 2 aromatic heterocycles. The lowest BCUT2D eigenvalue weighted by atomic mass is 9.99. The van der Waals surface area contributed by atoms with Crippen LogP contribution in [0.25, 0.3) is 21.3 Å². The number of benzene rings is 2. The second kappa shape index (κ2) is 6.82. The average molecular weight is 370 g/mol. The fourth-order valence-corrected chi connectivity index (χ4v) is 4.21. The van der Waals surface area contributed by atoms with Crippen molar-refractivity contribution in [2.75, 3.05) is 5.32 Å². The highest BCUT2D eigenvalue weighted by atomic mass is 32.1. The van der Waals surface area contributed by atoms with Crippen molar-refractivity contribution in [1.82, 2.24) is 9.97 Å². The Morgan fingerprint density at radius 3 is 2.59 bits per heavy atom. The number of para-hydroxylation sites is 1. The van der Waals surface area contributed by atoms with Gasteiger partial charge in [0.15, 0.2) is 0 Å². The summed E-state index contributed by atoms with van der Waals surface area (Å²) >= 11 is 1.66. The Morgan fingerprint density at radius 2 is 1.81 bits per heavy atom. The molecule has 2 heterocycles. The molecule has 5 heteroatoms. The number of nitriles is 1. The molecule has 0 unspecified atom stereocenters. The van der Waals surface area contributed by atoms with E-state index in [9.17, 15) is 5.26 Å². The van der Waals surface area contributed by atoms with E-state index in [0.29, 0.717) is 5.56 Å². The van der Waals surface area contributed by atoms with Gasteiger partial charge in [0.05, 0.1) is 16.6 Å². The lowest BCUT2D eigenvalue weighted by Gasteiger charge is -2.11. The number of anilines is 2. The monoisotopic (exact) mass is 370 g/mol.